The second-order valence-corrected chi connectivity index (χ2v) is 7.10. The molecule has 2 aromatic carbocycles. The van der Waals surface area contributed by atoms with Gasteiger partial charge in [-0.25, -0.2) is 9.78 Å². The first kappa shape index (κ1) is 21.5. The van der Waals surface area contributed by atoms with Crippen LogP contribution in [0.15, 0.2) is 36.4 Å². The predicted molar refractivity (Wildman–Crippen MR) is 115 cm³/mol. The molecule has 1 aromatic heterocycles. The maximum absolute atomic E-state index is 12.8. The van der Waals surface area contributed by atoms with Gasteiger partial charge in [0, 0.05) is 5.39 Å². The van der Waals surface area contributed by atoms with E-state index in [1.54, 1.807) is 50.2 Å². The van der Waals surface area contributed by atoms with Crippen molar-refractivity contribution < 1.29 is 19.1 Å². The van der Waals surface area contributed by atoms with Gasteiger partial charge >= 0.3 is 5.97 Å². The van der Waals surface area contributed by atoms with Crippen LogP contribution < -0.4 is 11.1 Å². The Morgan fingerprint density at radius 3 is 2.27 bits per heavy atom. The standard InChI is InChI=1S/C21H17Cl2N3O4/c1-3-30-21(29)15-10(2)25-18-11(16(15)19(24)27)6-4-9-14(18)26-20(28)17-12(22)7-5-8-13(17)23/h4-9H,3H2,1-2H3,(H2,24,27)(H,26,28). The molecule has 0 fully saturated rings. The molecule has 0 bridgehead atoms. The predicted octanol–water partition coefficient (Wildman–Crippen LogP) is 4.38. The highest BCUT2D eigenvalue weighted by Gasteiger charge is 2.25. The number of ether oxygens (including phenoxy) is 1. The molecule has 7 nitrogen and oxygen atoms in total. The van der Waals surface area contributed by atoms with Crippen molar-refractivity contribution in [2.75, 3.05) is 11.9 Å². The molecular formula is C21H17Cl2N3O4. The third-order valence-corrected chi connectivity index (χ3v) is 4.99. The Bertz CT molecular complexity index is 1170. The van der Waals surface area contributed by atoms with Crippen LogP contribution in [0.3, 0.4) is 0 Å². The lowest BCUT2D eigenvalue weighted by Crippen LogP contribution is -2.21. The van der Waals surface area contributed by atoms with Crippen molar-refractivity contribution in [2.45, 2.75) is 13.8 Å². The van der Waals surface area contributed by atoms with E-state index < -0.39 is 17.8 Å². The first-order valence-corrected chi connectivity index (χ1v) is 9.67. The molecular weight excluding hydrogens is 429 g/mol. The molecule has 3 aromatic rings. The number of carbonyl (C=O) groups excluding carboxylic acids is 3. The number of primary amides is 1. The molecule has 0 spiro atoms. The SMILES string of the molecule is CCOC(=O)c1c(C)nc2c(NC(=O)c3c(Cl)cccc3Cl)cccc2c1C(N)=O. The van der Waals surface area contributed by atoms with Gasteiger partial charge < -0.3 is 15.8 Å². The third kappa shape index (κ3) is 3.94. The zero-order chi connectivity index (χ0) is 22.0. The fourth-order valence-electron chi connectivity index (χ4n) is 3.11. The van der Waals surface area contributed by atoms with Crippen LogP contribution in [0.2, 0.25) is 10.0 Å². The van der Waals surface area contributed by atoms with E-state index in [1.165, 1.54) is 0 Å². The van der Waals surface area contributed by atoms with Crippen LogP contribution in [0.4, 0.5) is 5.69 Å². The zero-order valence-electron chi connectivity index (χ0n) is 16.1. The number of anilines is 1. The molecule has 0 radical (unpaired) electrons. The number of para-hydroxylation sites is 1. The van der Waals surface area contributed by atoms with Gasteiger partial charge in [-0.1, -0.05) is 41.4 Å². The van der Waals surface area contributed by atoms with E-state index in [2.05, 4.69) is 10.3 Å². The Morgan fingerprint density at radius 2 is 1.67 bits per heavy atom. The van der Waals surface area contributed by atoms with Gasteiger partial charge in [0.2, 0.25) is 5.91 Å². The molecule has 1 heterocycles. The van der Waals surface area contributed by atoms with Crippen LogP contribution in [0.25, 0.3) is 10.9 Å². The monoisotopic (exact) mass is 445 g/mol. The van der Waals surface area contributed by atoms with Gasteiger partial charge in [-0.15, -0.1) is 0 Å². The van der Waals surface area contributed by atoms with Crippen LogP contribution in [0.5, 0.6) is 0 Å². The summed E-state index contributed by atoms with van der Waals surface area (Å²) in [5.74, 6) is -2.06. The summed E-state index contributed by atoms with van der Waals surface area (Å²) in [6.07, 6.45) is 0. The molecule has 0 aliphatic carbocycles. The number of halogens is 2. The highest BCUT2D eigenvalue weighted by molar-refractivity contribution is 6.40. The summed E-state index contributed by atoms with van der Waals surface area (Å²) in [5, 5.41) is 3.39. The first-order chi connectivity index (χ1) is 14.3. The summed E-state index contributed by atoms with van der Waals surface area (Å²) in [4.78, 5) is 41.8. The van der Waals surface area contributed by atoms with E-state index >= 15 is 0 Å². The molecule has 3 rings (SSSR count). The fraction of sp³-hybridized carbons (Fsp3) is 0.143. The molecule has 0 atom stereocenters. The number of pyridine rings is 1. The maximum atomic E-state index is 12.8. The van der Waals surface area contributed by atoms with Gasteiger partial charge in [-0.05, 0) is 32.0 Å². The third-order valence-electron chi connectivity index (χ3n) is 4.36. The number of carbonyl (C=O) groups is 3. The minimum atomic E-state index is -0.814. The summed E-state index contributed by atoms with van der Waals surface area (Å²) < 4.78 is 5.04. The van der Waals surface area contributed by atoms with Crippen LogP contribution in [-0.2, 0) is 4.74 Å². The summed E-state index contributed by atoms with van der Waals surface area (Å²) in [6, 6.07) is 9.51. The molecule has 154 valence electrons. The molecule has 3 N–H and O–H groups in total. The number of esters is 1. The van der Waals surface area contributed by atoms with Gasteiger partial charge in [0.15, 0.2) is 0 Å². The van der Waals surface area contributed by atoms with Gasteiger partial charge in [0.1, 0.15) is 0 Å². The molecule has 0 aliphatic rings. The summed E-state index contributed by atoms with van der Waals surface area (Å²) in [6.45, 7) is 3.34. The van der Waals surface area contributed by atoms with Gasteiger partial charge in [-0.3, -0.25) is 9.59 Å². The van der Waals surface area contributed by atoms with E-state index in [0.717, 1.165) is 0 Å². The minimum Gasteiger partial charge on any atom is -0.462 e. The Hall–Kier alpha value is -3.16. The number of aryl methyl sites for hydroxylation is 1. The number of hydrogen-bond donors (Lipinski definition) is 2. The molecule has 30 heavy (non-hydrogen) atoms. The van der Waals surface area contributed by atoms with Crippen molar-refractivity contribution in [3.8, 4) is 0 Å². The largest absolute Gasteiger partial charge is 0.462 e. The molecule has 9 heteroatoms. The lowest BCUT2D eigenvalue weighted by atomic mass is 9.99. The minimum absolute atomic E-state index is 0.00512. The summed E-state index contributed by atoms with van der Waals surface area (Å²) in [5.41, 5.74) is 6.47. The Morgan fingerprint density at radius 1 is 1.03 bits per heavy atom. The number of benzene rings is 2. The van der Waals surface area contributed by atoms with Crippen LogP contribution in [0, 0.1) is 6.92 Å². The van der Waals surface area contributed by atoms with Crippen molar-refractivity contribution in [3.63, 3.8) is 0 Å². The second-order valence-electron chi connectivity index (χ2n) is 6.28. The number of aromatic nitrogens is 1. The number of nitrogens with one attached hydrogen (secondary N) is 1. The van der Waals surface area contributed by atoms with E-state index in [4.69, 9.17) is 33.7 Å². The number of amides is 2. The Kier molecular flexibility index (Phi) is 6.24. The van der Waals surface area contributed by atoms with Crippen molar-refractivity contribution in [3.05, 3.63) is 68.8 Å². The number of hydrogen-bond acceptors (Lipinski definition) is 5. The average molecular weight is 446 g/mol. The highest BCUT2D eigenvalue weighted by Crippen LogP contribution is 2.31. The van der Waals surface area contributed by atoms with E-state index in [-0.39, 0.29) is 44.6 Å². The van der Waals surface area contributed by atoms with E-state index in [9.17, 15) is 14.4 Å². The lowest BCUT2D eigenvalue weighted by Gasteiger charge is -2.15. The topological polar surface area (TPSA) is 111 Å². The quantitative estimate of drug-likeness (QED) is 0.565. The molecule has 0 saturated heterocycles. The lowest BCUT2D eigenvalue weighted by molar-refractivity contribution is 0.0522. The number of nitrogens with zero attached hydrogens (tertiary/aromatic N) is 1. The highest BCUT2D eigenvalue weighted by atomic mass is 35.5. The number of rotatable bonds is 5. The number of nitrogens with two attached hydrogens (primary N) is 1. The fourth-order valence-corrected chi connectivity index (χ4v) is 3.68. The molecule has 0 unspecified atom stereocenters. The van der Waals surface area contributed by atoms with Gasteiger partial charge in [0.05, 0.1) is 50.2 Å². The Balaban J connectivity index is 2.18. The smallest absolute Gasteiger partial charge is 0.340 e. The van der Waals surface area contributed by atoms with Crippen molar-refractivity contribution in [1.29, 1.82) is 0 Å². The summed E-state index contributed by atoms with van der Waals surface area (Å²) >= 11 is 12.2. The average Bonchev–Trinajstić information content (AvgIpc) is 2.67. The van der Waals surface area contributed by atoms with Gasteiger partial charge in [0.25, 0.3) is 5.91 Å². The number of fused-ring (bicyclic) bond motifs is 1. The molecule has 0 saturated carbocycles. The van der Waals surface area contributed by atoms with Crippen molar-refractivity contribution in [1.82, 2.24) is 4.98 Å². The van der Waals surface area contributed by atoms with Gasteiger partial charge in [-0.2, -0.15) is 0 Å². The van der Waals surface area contributed by atoms with E-state index in [1.807, 2.05) is 0 Å². The normalized spacial score (nSPS) is 10.7. The van der Waals surface area contributed by atoms with Crippen LogP contribution in [-0.4, -0.2) is 29.4 Å². The van der Waals surface area contributed by atoms with Crippen LogP contribution >= 0.6 is 23.2 Å². The Labute approximate surface area is 182 Å². The zero-order valence-corrected chi connectivity index (χ0v) is 17.6. The first-order valence-electron chi connectivity index (χ1n) is 8.91. The van der Waals surface area contributed by atoms with Crippen molar-refractivity contribution >= 4 is 57.6 Å². The molecule has 0 aliphatic heterocycles. The molecule has 2 amide bonds. The maximum Gasteiger partial charge on any atom is 0.340 e. The van der Waals surface area contributed by atoms with Crippen LogP contribution in [0.1, 0.15) is 43.7 Å². The second kappa shape index (κ2) is 8.69. The van der Waals surface area contributed by atoms with Crippen molar-refractivity contribution in [2.24, 2.45) is 5.73 Å². The van der Waals surface area contributed by atoms with E-state index in [0.29, 0.717) is 11.1 Å². The summed E-state index contributed by atoms with van der Waals surface area (Å²) in [7, 11) is 0.